The molecule has 2 N–H and O–H groups in total. The van der Waals surface area contributed by atoms with Crippen LogP contribution in [0.15, 0.2) is 109 Å². The Morgan fingerprint density at radius 3 is 1.31 bits per heavy atom. The van der Waals surface area contributed by atoms with E-state index in [4.69, 9.17) is 24.4 Å². The van der Waals surface area contributed by atoms with E-state index in [-0.39, 0.29) is 0 Å². The minimum atomic E-state index is 0.756. The lowest BCUT2D eigenvalue weighted by molar-refractivity contribution is 1.07. The molecular formula is C30H32N2S4. The molecule has 186 valence electrons. The zero-order chi connectivity index (χ0) is 25.3. The number of benzene rings is 3. The second-order valence-corrected chi connectivity index (χ2v) is 11.4. The molecule has 0 atom stereocenters. The number of allylic oxidation sites excluding steroid dienone is 2. The Labute approximate surface area is 235 Å². The fraction of sp³-hybridized carbons (Fsp3) is 0.200. The number of hydrogen-bond acceptors (Lipinski definition) is 4. The molecule has 0 amide bonds. The molecule has 0 aliphatic heterocycles. The number of rotatable bonds is 12. The lowest BCUT2D eigenvalue weighted by Gasteiger charge is -2.07. The first-order valence-electron chi connectivity index (χ1n) is 12.0. The summed E-state index contributed by atoms with van der Waals surface area (Å²) >= 11 is 14.2. The minimum Gasteiger partial charge on any atom is -0.368 e. The van der Waals surface area contributed by atoms with Gasteiger partial charge >= 0.3 is 0 Å². The van der Waals surface area contributed by atoms with Crippen molar-refractivity contribution in [2.75, 3.05) is 13.1 Å². The average Bonchev–Trinajstić information content (AvgIpc) is 2.92. The van der Waals surface area contributed by atoms with Crippen LogP contribution in [0.2, 0.25) is 0 Å². The summed E-state index contributed by atoms with van der Waals surface area (Å²) in [5.74, 6) is 1.73. The average molecular weight is 549 g/mol. The maximum absolute atomic E-state index is 5.46. The molecule has 0 saturated heterocycles. The van der Waals surface area contributed by atoms with Crippen molar-refractivity contribution in [1.82, 2.24) is 10.6 Å². The zero-order valence-corrected chi connectivity index (χ0v) is 23.5. The Morgan fingerprint density at radius 1 is 0.528 bits per heavy atom. The Hall–Kier alpha value is -2.38. The topological polar surface area (TPSA) is 24.1 Å². The minimum absolute atomic E-state index is 0.756. The van der Waals surface area contributed by atoms with E-state index >= 15 is 0 Å². The Kier molecular flexibility index (Phi) is 13.4. The second kappa shape index (κ2) is 17.1. The van der Waals surface area contributed by atoms with Crippen LogP contribution < -0.4 is 10.6 Å². The number of thioether (sulfide) groups is 2. The lowest BCUT2D eigenvalue weighted by Crippen LogP contribution is -2.18. The van der Waals surface area contributed by atoms with Gasteiger partial charge in [0.2, 0.25) is 0 Å². The summed E-state index contributed by atoms with van der Waals surface area (Å²) in [6.07, 6.45) is 10.5. The molecule has 6 heteroatoms. The van der Waals surface area contributed by atoms with Crippen LogP contribution in [0.5, 0.6) is 0 Å². The molecule has 0 aliphatic rings. The molecule has 0 heterocycles. The first-order chi connectivity index (χ1) is 17.7. The third kappa shape index (κ3) is 12.0. The normalized spacial score (nSPS) is 11.1. The third-order valence-electron chi connectivity index (χ3n) is 5.22. The van der Waals surface area contributed by atoms with Crippen LogP contribution in [0.3, 0.4) is 0 Å². The summed E-state index contributed by atoms with van der Waals surface area (Å²) in [5, 5.41) is 6.59. The fourth-order valence-corrected chi connectivity index (χ4v) is 5.12. The number of hydrogen-bond donors (Lipinski definition) is 2. The molecule has 0 aromatic heterocycles. The van der Waals surface area contributed by atoms with Crippen LogP contribution in [0.25, 0.3) is 0 Å². The summed E-state index contributed by atoms with van der Waals surface area (Å²) < 4.78 is 1.65. The van der Waals surface area contributed by atoms with Crippen LogP contribution in [0.1, 0.15) is 22.3 Å². The molecule has 0 spiro atoms. The summed E-state index contributed by atoms with van der Waals surface area (Å²) in [7, 11) is 0. The Morgan fingerprint density at radius 2 is 0.917 bits per heavy atom. The SMILES string of the molecule is S=C(NCC=CCc1ccccc1)SCc1ccc(CSC(=S)NCC=CCc2ccccc2)cc1. The quantitative estimate of drug-likeness (QED) is 0.180. The van der Waals surface area contributed by atoms with Crippen LogP contribution >= 0.6 is 48.0 Å². The van der Waals surface area contributed by atoms with E-state index < -0.39 is 0 Å². The third-order valence-corrected chi connectivity index (χ3v) is 7.98. The van der Waals surface area contributed by atoms with Gasteiger partial charge in [0.25, 0.3) is 0 Å². The first kappa shape index (κ1) is 28.2. The summed E-state index contributed by atoms with van der Waals surface area (Å²) in [6.45, 7) is 1.51. The van der Waals surface area contributed by atoms with E-state index in [2.05, 4.69) is 108 Å². The highest BCUT2D eigenvalue weighted by Gasteiger charge is 2.01. The van der Waals surface area contributed by atoms with Crippen molar-refractivity contribution < 1.29 is 0 Å². The number of thiocarbonyl (C=S) groups is 2. The predicted octanol–water partition coefficient (Wildman–Crippen LogP) is 7.50. The van der Waals surface area contributed by atoms with Gasteiger partial charge in [0.05, 0.1) is 0 Å². The highest BCUT2D eigenvalue weighted by atomic mass is 32.2. The van der Waals surface area contributed by atoms with Gasteiger partial charge in [-0.25, -0.2) is 0 Å². The summed E-state index contributed by atoms with van der Waals surface area (Å²) in [5.41, 5.74) is 5.16. The Bertz CT molecular complexity index is 1020. The molecule has 0 saturated carbocycles. The maximum Gasteiger partial charge on any atom is 0.134 e. The van der Waals surface area contributed by atoms with Crippen LogP contribution in [0.4, 0.5) is 0 Å². The van der Waals surface area contributed by atoms with E-state index in [1.807, 2.05) is 12.1 Å². The van der Waals surface area contributed by atoms with Crippen molar-refractivity contribution in [2.24, 2.45) is 0 Å². The van der Waals surface area contributed by atoms with Crippen molar-refractivity contribution in [3.05, 3.63) is 131 Å². The molecular weight excluding hydrogens is 517 g/mol. The van der Waals surface area contributed by atoms with Crippen molar-refractivity contribution in [2.45, 2.75) is 24.3 Å². The van der Waals surface area contributed by atoms with Gasteiger partial charge in [0.1, 0.15) is 8.64 Å². The highest BCUT2D eigenvalue weighted by molar-refractivity contribution is 8.22. The summed E-state index contributed by atoms with van der Waals surface area (Å²) in [6, 6.07) is 29.6. The predicted molar refractivity (Wildman–Crippen MR) is 169 cm³/mol. The van der Waals surface area contributed by atoms with Gasteiger partial charge in [0, 0.05) is 24.6 Å². The van der Waals surface area contributed by atoms with Crippen molar-refractivity contribution in [3.8, 4) is 0 Å². The molecule has 2 nitrogen and oxygen atoms in total. The van der Waals surface area contributed by atoms with Gasteiger partial charge in [-0.2, -0.15) is 0 Å². The standard InChI is InChI=1S/C30H32N2S4/c33-29(31-21-9-7-15-25-11-3-1-4-12-25)35-23-27-17-19-28(20-18-27)24-36-30(34)32-22-10-8-16-26-13-5-2-6-14-26/h1-14,17-20H,15-16,21-24H2,(H,31,33)(H,32,34). The van der Waals surface area contributed by atoms with Crippen LogP contribution in [-0.4, -0.2) is 21.7 Å². The molecule has 0 bridgehead atoms. The molecule has 0 aliphatic carbocycles. The van der Waals surface area contributed by atoms with Crippen LogP contribution in [-0.2, 0) is 24.3 Å². The first-order valence-corrected chi connectivity index (χ1v) is 14.7. The van der Waals surface area contributed by atoms with Gasteiger partial charge in [-0.05, 0) is 35.1 Å². The second-order valence-electron chi connectivity index (χ2n) is 8.05. The number of nitrogens with one attached hydrogen (secondary N) is 2. The van der Waals surface area contributed by atoms with E-state index in [1.54, 1.807) is 23.5 Å². The van der Waals surface area contributed by atoms with E-state index in [0.29, 0.717) is 0 Å². The summed E-state index contributed by atoms with van der Waals surface area (Å²) in [4.78, 5) is 0. The lowest BCUT2D eigenvalue weighted by atomic mass is 10.1. The highest BCUT2D eigenvalue weighted by Crippen LogP contribution is 2.17. The maximum atomic E-state index is 5.46. The van der Waals surface area contributed by atoms with Gasteiger partial charge in [-0.15, -0.1) is 0 Å². The molecule has 36 heavy (non-hydrogen) atoms. The molecule has 3 aromatic carbocycles. The van der Waals surface area contributed by atoms with Crippen molar-refractivity contribution in [1.29, 1.82) is 0 Å². The van der Waals surface area contributed by atoms with E-state index in [0.717, 1.165) is 46.1 Å². The molecule has 0 radical (unpaired) electrons. The van der Waals surface area contributed by atoms with Gasteiger partial charge in [0.15, 0.2) is 0 Å². The molecule has 3 aromatic rings. The van der Waals surface area contributed by atoms with Crippen LogP contribution in [0, 0.1) is 0 Å². The van der Waals surface area contributed by atoms with Gasteiger partial charge in [-0.3, -0.25) is 0 Å². The smallest absolute Gasteiger partial charge is 0.134 e. The van der Waals surface area contributed by atoms with E-state index in [9.17, 15) is 0 Å². The monoisotopic (exact) mass is 548 g/mol. The van der Waals surface area contributed by atoms with Gasteiger partial charge in [-0.1, -0.05) is 157 Å². The van der Waals surface area contributed by atoms with Gasteiger partial charge < -0.3 is 10.6 Å². The molecule has 0 unspecified atom stereocenters. The molecule has 3 rings (SSSR count). The van der Waals surface area contributed by atoms with Crippen molar-refractivity contribution in [3.63, 3.8) is 0 Å². The Balaban J connectivity index is 1.25. The van der Waals surface area contributed by atoms with Crippen molar-refractivity contribution >= 4 is 56.6 Å². The largest absolute Gasteiger partial charge is 0.368 e. The fourth-order valence-electron chi connectivity index (χ4n) is 3.25. The zero-order valence-electron chi connectivity index (χ0n) is 20.3. The molecule has 0 fully saturated rings. The van der Waals surface area contributed by atoms with E-state index in [1.165, 1.54) is 22.3 Å².